The van der Waals surface area contributed by atoms with Gasteiger partial charge in [0.2, 0.25) is 0 Å². The summed E-state index contributed by atoms with van der Waals surface area (Å²) in [6.45, 7) is 6.05. The van der Waals surface area contributed by atoms with E-state index in [-0.39, 0.29) is 30.1 Å². The quantitative estimate of drug-likeness (QED) is 0.266. The maximum Gasteiger partial charge on any atom is 0.409 e. The molecule has 0 aromatic rings. The van der Waals surface area contributed by atoms with Crippen LogP contribution in [0.2, 0.25) is 0 Å². The number of halogens is 1. The van der Waals surface area contributed by atoms with Crippen LogP contribution in [0, 0.1) is 5.92 Å². The minimum Gasteiger partial charge on any atom is -0.450 e. The molecule has 2 aliphatic rings. The van der Waals surface area contributed by atoms with Crippen molar-refractivity contribution in [1.82, 2.24) is 15.5 Å². The zero-order valence-corrected chi connectivity index (χ0v) is 17.1. The molecule has 0 bridgehead atoms. The molecule has 1 aliphatic carbocycles. The topological polar surface area (TPSA) is 75.2 Å². The van der Waals surface area contributed by atoms with E-state index in [4.69, 9.17) is 9.47 Å². The van der Waals surface area contributed by atoms with Crippen molar-refractivity contribution in [1.29, 1.82) is 0 Å². The number of carbonyl (C=O) groups excluding carboxylic acids is 1. The number of rotatable bonds is 7. The molecule has 2 N–H and O–H groups in total. The van der Waals surface area contributed by atoms with E-state index < -0.39 is 0 Å². The lowest BCUT2D eigenvalue weighted by atomic mass is 10.1. The number of guanidine groups is 1. The summed E-state index contributed by atoms with van der Waals surface area (Å²) in [7, 11) is 1.77. The fraction of sp³-hybridized carbons (Fsp3) is 0.875. The van der Waals surface area contributed by atoms with E-state index >= 15 is 0 Å². The molecule has 2 fully saturated rings. The van der Waals surface area contributed by atoms with Gasteiger partial charge in [0, 0.05) is 39.3 Å². The second-order valence-corrected chi connectivity index (χ2v) is 6.12. The molecule has 0 unspecified atom stereocenters. The first-order valence-electron chi connectivity index (χ1n) is 8.69. The van der Waals surface area contributed by atoms with Gasteiger partial charge >= 0.3 is 6.09 Å². The molecule has 0 aromatic heterocycles. The predicted octanol–water partition coefficient (Wildman–Crippen LogP) is 1.82. The van der Waals surface area contributed by atoms with Gasteiger partial charge in [-0.2, -0.15) is 0 Å². The molecule has 1 amide bonds. The standard InChI is InChI=1S/C16H30N4O3.HI/c1-3-23-16(21)20-9-6-14(7-10-20)19-15(17-2)18-8-11-22-12-13-4-5-13;/h13-14H,3-12H2,1-2H3,(H2,17,18,19);1H. The average Bonchev–Trinajstić information content (AvgIpc) is 3.38. The van der Waals surface area contributed by atoms with Crippen molar-refractivity contribution in [3.63, 3.8) is 0 Å². The van der Waals surface area contributed by atoms with Gasteiger partial charge in [-0.25, -0.2) is 4.79 Å². The Morgan fingerprint density at radius 3 is 2.54 bits per heavy atom. The summed E-state index contributed by atoms with van der Waals surface area (Å²) in [5, 5.41) is 6.69. The number of likely N-dealkylation sites (tertiary alicyclic amines) is 1. The van der Waals surface area contributed by atoms with E-state index in [1.54, 1.807) is 11.9 Å². The third-order valence-corrected chi connectivity index (χ3v) is 4.17. The number of ether oxygens (including phenoxy) is 2. The van der Waals surface area contributed by atoms with E-state index in [2.05, 4.69) is 15.6 Å². The summed E-state index contributed by atoms with van der Waals surface area (Å²) >= 11 is 0. The molecule has 0 radical (unpaired) electrons. The summed E-state index contributed by atoms with van der Waals surface area (Å²) in [4.78, 5) is 17.7. The first-order chi connectivity index (χ1) is 11.2. The zero-order valence-electron chi connectivity index (χ0n) is 14.8. The highest BCUT2D eigenvalue weighted by molar-refractivity contribution is 14.0. The molecular weight excluding hydrogens is 423 g/mol. The minimum atomic E-state index is -0.207. The van der Waals surface area contributed by atoms with Crippen molar-refractivity contribution < 1.29 is 14.3 Å². The molecule has 7 nitrogen and oxygen atoms in total. The smallest absolute Gasteiger partial charge is 0.409 e. The molecule has 1 aliphatic heterocycles. The molecule has 24 heavy (non-hydrogen) atoms. The number of carbonyl (C=O) groups is 1. The number of nitrogens with zero attached hydrogens (tertiary/aromatic N) is 2. The highest BCUT2D eigenvalue weighted by Gasteiger charge is 2.24. The largest absolute Gasteiger partial charge is 0.450 e. The Morgan fingerprint density at radius 2 is 1.96 bits per heavy atom. The maximum absolute atomic E-state index is 11.7. The summed E-state index contributed by atoms with van der Waals surface area (Å²) in [6, 6.07) is 0.333. The Hall–Kier alpha value is -0.770. The van der Waals surface area contributed by atoms with Crippen LogP contribution in [0.15, 0.2) is 4.99 Å². The number of aliphatic imine (C=N–C) groups is 1. The summed E-state index contributed by atoms with van der Waals surface area (Å²) < 4.78 is 10.6. The number of nitrogens with one attached hydrogen (secondary N) is 2. The van der Waals surface area contributed by atoms with Crippen molar-refractivity contribution in [3.05, 3.63) is 0 Å². The van der Waals surface area contributed by atoms with Gasteiger partial charge in [-0.3, -0.25) is 4.99 Å². The number of hydrogen-bond donors (Lipinski definition) is 2. The van der Waals surface area contributed by atoms with E-state index in [9.17, 15) is 4.79 Å². The van der Waals surface area contributed by atoms with Gasteiger partial charge in [-0.05, 0) is 38.5 Å². The van der Waals surface area contributed by atoms with Crippen LogP contribution in [0.5, 0.6) is 0 Å². The SMILES string of the molecule is CCOC(=O)N1CCC(NC(=NC)NCCOCC2CC2)CC1.I. The van der Waals surface area contributed by atoms with Gasteiger partial charge in [0.05, 0.1) is 13.2 Å². The van der Waals surface area contributed by atoms with Gasteiger partial charge in [0.1, 0.15) is 0 Å². The van der Waals surface area contributed by atoms with Crippen LogP contribution in [-0.2, 0) is 9.47 Å². The fourth-order valence-corrected chi connectivity index (χ4v) is 2.59. The molecule has 2 rings (SSSR count). The third kappa shape index (κ3) is 7.87. The maximum atomic E-state index is 11.7. The third-order valence-electron chi connectivity index (χ3n) is 4.17. The van der Waals surface area contributed by atoms with Gasteiger partial charge in [0.15, 0.2) is 5.96 Å². The van der Waals surface area contributed by atoms with Crippen molar-refractivity contribution in [3.8, 4) is 0 Å². The van der Waals surface area contributed by atoms with Crippen LogP contribution in [0.25, 0.3) is 0 Å². The zero-order chi connectivity index (χ0) is 16.5. The molecule has 1 heterocycles. The molecule has 0 aromatic carbocycles. The first kappa shape index (κ1) is 21.3. The normalized spacial score (nSPS) is 18.8. The highest BCUT2D eigenvalue weighted by Crippen LogP contribution is 2.28. The van der Waals surface area contributed by atoms with Gasteiger partial charge in [-0.1, -0.05) is 0 Å². The second kappa shape index (κ2) is 11.7. The Balaban J connectivity index is 0.00000288. The number of piperidine rings is 1. The van der Waals surface area contributed by atoms with Crippen LogP contribution >= 0.6 is 24.0 Å². The monoisotopic (exact) mass is 454 g/mol. The van der Waals surface area contributed by atoms with Crippen molar-refractivity contribution in [2.75, 3.05) is 46.5 Å². The Morgan fingerprint density at radius 1 is 1.25 bits per heavy atom. The highest BCUT2D eigenvalue weighted by atomic mass is 127. The lowest BCUT2D eigenvalue weighted by molar-refractivity contribution is 0.0962. The van der Waals surface area contributed by atoms with Crippen molar-refractivity contribution in [2.45, 2.75) is 38.6 Å². The van der Waals surface area contributed by atoms with Crippen LogP contribution in [0.4, 0.5) is 4.79 Å². The number of amides is 1. The van der Waals surface area contributed by atoms with Gasteiger partial charge in [0.25, 0.3) is 0 Å². The molecule has 0 spiro atoms. The van der Waals surface area contributed by atoms with Crippen molar-refractivity contribution in [2.24, 2.45) is 10.9 Å². The van der Waals surface area contributed by atoms with E-state index in [0.717, 1.165) is 51.0 Å². The molecule has 8 heteroatoms. The lowest BCUT2D eigenvalue weighted by Gasteiger charge is -2.32. The Kier molecular flexibility index (Phi) is 10.4. The van der Waals surface area contributed by atoms with Crippen molar-refractivity contribution >= 4 is 36.0 Å². The van der Waals surface area contributed by atoms with Crippen LogP contribution in [0.3, 0.4) is 0 Å². The van der Waals surface area contributed by atoms with E-state index in [1.807, 2.05) is 6.92 Å². The van der Waals surface area contributed by atoms with Crippen LogP contribution < -0.4 is 10.6 Å². The van der Waals surface area contributed by atoms with Crippen LogP contribution in [-0.4, -0.2) is 69.5 Å². The Labute approximate surface area is 161 Å². The van der Waals surface area contributed by atoms with E-state index in [0.29, 0.717) is 19.3 Å². The molecule has 0 atom stereocenters. The summed E-state index contributed by atoms with van der Waals surface area (Å²) in [5.41, 5.74) is 0. The average molecular weight is 454 g/mol. The van der Waals surface area contributed by atoms with Crippen LogP contribution in [0.1, 0.15) is 32.6 Å². The molecular formula is C16H31IN4O3. The van der Waals surface area contributed by atoms with Gasteiger partial charge < -0.3 is 25.0 Å². The number of hydrogen-bond acceptors (Lipinski definition) is 4. The Bertz CT molecular complexity index is 397. The first-order valence-corrected chi connectivity index (χ1v) is 8.69. The minimum absolute atomic E-state index is 0. The summed E-state index contributed by atoms with van der Waals surface area (Å²) in [5.74, 6) is 1.60. The molecule has 140 valence electrons. The van der Waals surface area contributed by atoms with E-state index in [1.165, 1.54) is 12.8 Å². The molecule has 1 saturated carbocycles. The lowest BCUT2D eigenvalue weighted by Crippen LogP contribution is -2.50. The van der Waals surface area contributed by atoms with Gasteiger partial charge in [-0.15, -0.1) is 24.0 Å². The summed E-state index contributed by atoms with van der Waals surface area (Å²) in [6.07, 6.45) is 4.23. The fourth-order valence-electron chi connectivity index (χ4n) is 2.59. The molecule has 1 saturated heterocycles. The predicted molar refractivity (Wildman–Crippen MR) is 105 cm³/mol. The second-order valence-electron chi connectivity index (χ2n) is 6.12.